The largest absolute Gasteiger partial charge is 0.302 e. The maximum absolute atomic E-state index is 12.7. The van der Waals surface area contributed by atoms with Crippen molar-refractivity contribution in [1.82, 2.24) is 9.55 Å². The summed E-state index contributed by atoms with van der Waals surface area (Å²) in [7, 11) is 0. The summed E-state index contributed by atoms with van der Waals surface area (Å²) in [5.74, 6) is 1.08. The first-order valence-corrected chi connectivity index (χ1v) is 9.47. The maximum atomic E-state index is 12.7. The van der Waals surface area contributed by atoms with Crippen molar-refractivity contribution in [2.24, 2.45) is 0 Å². The van der Waals surface area contributed by atoms with E-state index >= 15 is 0 Å². The number of benzene rings is 1. The molecule has 0 saturated carbocycles. The van der Waals surface area contributed by atoms with Gasteiger partial charge < -0.3 is 4.57 Å². The number of halogens is 1. The zero-order valence-electron chi connectivity index (χ0n) is 12.9. The van der Waals surface area contributed by atoms with Gasteiger partial charge in [-0.1, -0.05) is 60.6 Å². The monoisotopic (exact) mass is 368 g/mol. The third kappa shape index (κ3) is 4.86. The van der Waals surface area contributed by atoms with Crippen LogP contribution in [0, 0.1) is 0 Å². The van der Waals surface area contributed by atoms with Crippen LogP contribution in [-0.2, 0) is 17.1 Å². The van der Waals surface area contributed by atoms with Gasteiger partial charge in [0.15, 0.2) is 15.3 Å². The molecule has 1 aromatic heterocycles. The predicted molar refractivity (Wildman–Crippen MR) is 97.4 cm³/mol. The zero-order chi connectivity index (χ0) is 16.8. The molecule has 0 N–H and O–H groups in total. The van der Waals surface area contributed by atoms with Gasteiger partial charge in [-0.15, -0.1) is 11.8 Å². The van der Waals surface area contributed by atoms with E-state index in [0.717, 1.165) is 23.1 Å². The molecule has 0 fully saturated rings. The van der Waals surface area contributed by atoms with Gasteiger partial charge in [-0.05, 0) is 11.3 Å². The molecule has 2 aromatic rings. The van der Waals surface area contributed by atoms with Crippen molar-refractivity contribution >= 4 is 40.2 Å². The van der Waals surface area contributed by atoms with E-state index in [1.165, 1.54) is 18.7 Å². The molecule has 0 aliphatic carbocycles. The minimum atomic E-state index is -0.163. The number of aromatic nitrogens is 2. The van der Waals surface area contributed by atoms with Crippen molar-refractivity contribution in [3.8, 4) is 0 Å². The molecule has 2 rings (SSSR count). The Balaban J connectivity index is 2.49. The van der Waals surface area contributed by atoms with Crippen molar-refractivity contribution in [2.75, 3.05) is 5.75 Å². The van der Waals surface area contributed by atoms with Gasteiger partial charge in [0.1, 0.15) is 0 Å². The Kier molecular flexibility index (Phi) is 6.74. The lowest BCUT2D eigenvalue weighted by molar-refractivity contribution is -0.109. The van der Waals surface area contributed by atoms with Crippen LogP contribution in [0.3, 0.4) is 0 Å². The molecule has 0 saturated heterocycles. The van der Waals surface area contributed by atoms with E-state index in [1.807, 2.05) is 37.3 Å². The number of carbonyl (C=O) groups is 1. The molecular weight excluding hydrogens is 352 g/mol. The highest BCUT2D eigenvalue weighted by molar-refractivity contribution is 8.12. The van der Waals surface area contributed by atoms with Crippen LogP contribution in [0.5, 0.6) is 0 Å². The molecular formula is C16H17ClN2O2S2. The first-order valence-electron chi connectivity index (χ1n) is 7.12. The molecule has 0 aliphatic rings. The van der Waals surface area contributed by atoms with Crippen LogP contribution >= 0.6 is 35.1 Å². The van der Waals surface area contributed by atoms with Crippen molar-refractivity contribution in [1.29, 1.82) is 0 Å². The first-order chi connectivity index (χ1) is 11.0. The van der Waals surface area contributed by atoms with E-state index in [1.54, 1.807) is 4.57 Å². The molecule has 122 valence electrons. The van der Waals surface area contributed by atoms with Crippen LogP contribution < -0.4 is 5.56 Å². The van der Waals surface area contributed by atoms with E-state index in [9.17, 15) is 9.59 Å². The van der Waals surface area contributed by atoms with E-state index < -0.39 is 0 Å². The van der Waals surface area contributed by atoms with E-state index in [-0.39, 0.29) is 15.8 Å². The van der Waals surface area contributed by atoms with Gasteiger partial charge in [0.2, 0.25) is 0 Å². The number of hydrogen-bond acceptors (Lipinski definition) is 5. The Hall–Kier alpha value is -1.24. The Labute approximate surface area is 148 Å². The number of nitrogens with zero attached hydrogens (tertiary/aromatic N) is 2. The van der Waals surface area contributed by atoms with Crippen molar-refractivity contribution in [2.45, 2.75) is 31.2 Å². The van der Waals surface area contributed by atoms with Crippen LogP contribution in [-0.4, -0.2) is 20.4 Å². The molecule has 0 amide bonds. The Bertz CT molecular complexity index is 748. The van der Waals surface area contributed by atoms with Crippen LogP contribution in [0.25, 0.3) is 0 Å². The molecule has 0 atom stereocenters. The maximum Gasteiger partial charge on any atom is 0.283 e. The summed E-state index contributed by atoms with van der Waals surface area (Å²) >= 11 is 8.78. The summed E-state index contributed by atoms with van der Waals surface area (Å²) in [5.41, 5.74) is 1.42. The Morgan fingerprint density at radius 3 is 2.61 bits per heavy atom. The third-order valence-electron chi connectivity index (χ3n) is 3.07. The van der Waals surface area contributed by atoms with Gasteiger partial charge in [0.05, 0.1) is 12.2 Å². The summed E-state index contributed by atoms with van der Waals surface area (Å²) in [6.07, 6.45) is 0. The van der Waals surface area contributed by atoms with E-state index in [4.69, 9.17) is 11.6 Å². The smallest absolute Gasteiger partial charge is 0.283 e. The second-order valence-electron chi connectivity index (χ2n) is 4.74. The molecule has 4 nitrogen and oxygen atoms in total. The van der Waals surface area contributed by atoms with Crippen LogP contribution in [0.4, 0.5) is 0 Å². The molecule has 1 heterocycles. The second kappa shape index (κ2) is 8.57. The predicted octanol–water partition coefficient (Wildman–Crippen LogP) is 3.84. The number of carbonyl (C=O) groups excluding carboxylic acids is 1. The fourth-order valence-corrected chi connectivity index (χ4v) is 3.70. The molecule has 0 bridgehead atoms. The average molecular weight is 369 g/mol. The molecule has 0 aliphatic heterocycles. The summed E-state index contributed by atoms with van der Waals surface area (Å²) in [6.45, 7) is 3.86. The topological polar surface area (TPSA) is 52.0 Å². The molecule has 0 spiro atoms. The van der Waals surface area contributed by atoms with E-state index in [2.05, 4.69) is 4.98 Å². The molecule has 7 heteroatoms. The third-order valence-corrected chi connectivity index (χ3v) is 5.02. The lowest BCUT2D eigenvalue weighted by Crippen LogP contribution is -2.27. The highest BCUT2D eigenvalue weighted by Gasteiger charge is 2.16. The molecule has 0 unspecified atom stereocenters. The van der Waals surface area contributed by atoms with Crippen LogP contribution in [0.2, 0.25) is 5.15 Å². The fraction of sp³-hybridized carbons (Fsp3) is 0.312. The fourth-order valence-electron chi connectivity index (χ4n) is 2.02. The van der Waals surface area contributed by atoms with Gasteiger partial charge in [-0.25, -0.2) is 4.98 Å². The molecule has 0 radical (unpaired) electrons. The van der Waals surface area contributed by atoms with Gasteiger partial charge in [0, 0.05) is 12.7 Å². The number of hydrogen-bond donors (Lipinski definition) is 0. The van der Waals surface area contributed by atoms with Gasteiger partial charge in [-0.3, -0.25) is 9.59 Å². The number of rotatable bonds is 6. The quantitative estimate of drug-likeness (QED) is 0.725. The minimum absolute atomic E-state index is 0.0215. The lowest BCUT2D eigenvalue weighted by atomic mass is 10.2. The highest BCUT2D eigenvalue weighted by atomic mass is 35.5. The first kappa shape index (κ1) is 18.1. The summed E-state index contributed by atoms with van der Waals surface area (Å²) in [5, 5.41) is 0.655. The van der Waals surface area contributed by atoms with Crippen LogP contribution in [0.1, 0.15) is 25.1 Å². The normalized spacial score (nSPS) is 10.7. The minimum Gasteiger partial charge on any atom is -0.302 e. The number of thioether (sulfide) groups is 2. The van der Waals surface area contributed by atoms with E-state index in [0.29, 0.717) is 23.0 Å². The van der Waals surface area contributed by atoms with Crippen molar-refractivity contribution in [3.63, 3.8) is 0 Å². The van der Waals surface area contributed by atoms with Gasteiger partial charge in [-0.2, -0.15) is 0 Å². The lowest BCUT2D eigenvalue weighted by Gasteiger charge is -2.15. The highest BCUT2D eigenvalue weighted by Crippen LogP contribution is 2.22. The Morgan fingerprint density at radius 2 is 2.00 bits per heavy atom. The van der Waals surface area contributed by atoms with Gasteiger partial charge in [0.25, 0.3) is 5.56 Å². The van der Waals surface area contributed by atoms with Crippen molar-refractivity contribution in [3.05, 3.63) is 57.1 Å². The summed E-state index contributed by atoms with van der Waals surface area (Å²) < 4.78 is 1.62. The Morgan fingerprint density at radius 1 is 1.30 bits per heavy atom. The average Bonchev–Trinajstić information content (AvgIpc) is 2.52. The zero-order valence-corrected chi connectivity index (χ0v) is 15.3. The van der Waals surface area contributed by atoms with Crippen molar-refractivity contribution < 1.29 is 4.79 Å². The second-order valence-corrected chi connectivity index (χ2v) is 7.51. The summed E-state index contributed by atoms with van der Waals surface area (Å²) in [4.78, 5) is 28.2. The summed E-state index contributed by atoms with van der Waals surface area (Å²) in [6, 6.07) is 9.69. The van der Waals surface area contributed by atoms with Crippen LogP contribution in [0.15, 0.2) is 40.2 Å². The SMILES string of the molecule is CCSc1nc(Cl)c(CSC(C)=O)n(Cc2ccccc2)c1=O. The molecule has 23 heavy (non-hydrogen) atoms. The standard InChI is InChI=1S/C16H17ClN2O2S2/c1-3-22-15-16(21)19(9-12-7-5-4-6-8-12)13(14(17)18-15)10-23-11(2)20/h4-8H,3,9-10H2,1-2H3. The van der Waals surface area contributed by atoms with Gasteiger partial charge >= 0.3 is 0 Å². The molecule has 1 aromatic carbocycles.